The molecule has 5 nitrogen and oxygen atoms in total. The van der Waals surface area contributed by atoms with Crippen LogP contribution in [0.4, 0.5) is 0 Å². The third kappa shape index (κ3) is 4.31. The van der Waals surface area contributed by atoms with E-state index in [0.717, 1.165) is 11.1 Å². The molecule has 1 aromatic heterocycles. The first kappa shape index (κ1) is 18.6. The van der Waals surface area contributed by atoms with Crippen LogP contribution in [0.1, 0.15) is 51.9 Å². The van der Waals surface area contributed by atoms with Gasteiger partial charge in [0, 0.05) is 11.1 Å². The number of ether oxygens (including phenoxy) is 1. The van der Waals surface area contributed by atoms with Gasteiger partial charge in [0.2, 0.25) is 5.89 Å². The summed E-state index contributed by atoms with van der Waals surface area (Å²) in [5.74, 6) is 0.151. The minimum Gasteiger partial charge on any atom is -0.452 e. The van der Waals surface area contributed by atoms with Gasteiger partial charge in [0.25, 0.3) is 0 Å². The quantitative estimate of drug-likeness (QED) is 0.464. The van der Waals surface area contributed by atoms with Gasteiger partial charge < -0.3 is 9.15 Å². The molecule has 0 aliphatic heterocycles. The Morgan fingerprint density at radius 3 is 2.33 bits per heavy atom. The number of esters is 1. The lowest BCUT2D eigenvalue weighted by Gasteiger charge is -2.06. The van der Waals surface area contributed by atoms with E-state index in [1.807, 2.05) is 42.5 Å². The number of aryl methyl sites for hydroxylation is 1. The van der Waals surface area contributed by atoms with Crippen LogP contribution in [0.2, 0.25) is 0 Å². The number of ketones is 1. The summed E-state index contributed by atoms with van der Waals surface area (Å²) in [5.41, 5.74) is 2.50. The van der Waals surface area contributed by atoms with Crippen LogP contribution in [0.15, 0.2) is 59.0 Å². The number of nitrogens with zero attached hydrogens (tertiary/aromatic N) is 1. The molecule has 0 bridgehead atoms. The van der Waals surface area contributed by atoms with Gasteiger partial charge in [-0.15, -0.1) is 0 Å². The second kappa shape index (κ2) is 7.99. The summed E-state index contributed by atoms with van der Waals surface area (Å²) in [6, 6.07) is 16.6. The van der Waals surface area contributed by atoms with Gasteiger partial charge in [-0.25, -0.2) is 9.78 Å². The van der Waals surface area contributed by atoms with Gasteiger partial charge >= 0.3 is 5.97 Å². The Hall–Kier alpha value is -3.21. The van der Waals surface area contributed by atoms with Gasteiger partial charge in [0.15, 0.2) is 18.1 Å². The van der Waals surface area contributed by atoms with E-state index in [4.69, 9.17) is 9.15 Å². The Kier molecular flexibility index (Phi) is 5.50. The Bertz CT molecular complexity index is 940. The van der Waals surface area contributed by atoms with E-state index in [1.165, 1.54) is 0 Å². The third-order valence-corrected chi connectivity index (χ3v) is 4.24. The van der Waals surface area contributed by atoms with Crippen molar-refractivity contribution in [2.75, 3.05) is 6.61 Å². The van der Waals surface area contributed by atoms with Gasteiger partial charge in [-0.3, -0.25) is 4.79 Å². The maximum absolute atomic E-state index is 12.3. The fraction of sp³-hybridized carbons (Fsp3) is 0.227. The summed E-state index contributed by atoms with van der Waals surface area (Å²) in [6.07, 6.45) is 0. The summed E-state index contributed by atoms with van der Waals surface area (Å²) in [5, 5.41) is 0. The van der Waals surface area contributed by atoms with Crippen LogP contribution in [0.25, 0.3) is 11.5 Å². The fourth-order valence-electron chi connectivity index (χ4n) is 2.63. The first-order chi connectivity index (χ1) is 13.0. The Morgan fingerprint density at radius 1 is 1.04 bits per heavy atom. The Morgan fingerprint density at radius 2 is 1.70 bits per heavy atom. The Labute approximate surface area is 158 Å². The van der Waals surface area contributed by atoms with Crippen molar-refractivity contribution >= 4 is 11.8 Å². The molecule has 0 amide bonds. The zero-order valence-electron chi connectivity index (χ0n) is 15.6. The lowest BCUT2D eigenvalue weighted by molar-refractivity contribution is 0.0468. The molecule has 0 saturated heterocycles. The molecule has 0 spiro atoms. The van der Waals surface area contributed by atoms with Gasteiger partial charge in [0.1, 0.15) is 5.76 Å². The van der Waals surface area contributed by atoms with Gasteiger partial charge in [-0.05, 0) is 30.5 Å². The fourth-order valence-corrected chi connectivity index (χ4v) is 2.63. The van der Waals surface area contributed by atoms with Crippen molar-refractivity contribution in [1.82, 2.24) is 4.98 Å². The van der Waals surface area contributed by atoms with Crippen LogP contribution in [0.5, 0.6) is 0 Å². The largest absolute Gasteiger partial charge is 0.452 e. The van der Waals surface area contributed by atoms with E-state index < -0.39 is 5.97 Å². The normalized spacial score (nSPS) is 10.8. The van der Waals surface area contributed by atoms with Crippen molar-refractivity contribution in [1.29, 1.82) is 0 Å². The molecule has 0 N–H and O–H groups in total. The smallest absolute Gasteiger partial charge is 0.361 e. The van der Waals surface area contributed by atoms with Crippen molar-refractivity contribution in [3.05, 3.63) is 77.2 Å². The summed E-state index contributed by atoms with van der Waals surface area (Å²) in [7, 11) is 0. The lowest BCUT2D eigenvalue weighted by Crippen LogP contribution is -2.15. The highest BCUT2D eigenvalue weighted by Crippen LogP contribution is 2.22. The zero-order chi connectivity index (χ0) is 19.4. The number of hydrogen-bond donors (Lipinski definition) is 0. The number of hydrogen-bond acceptors (Lipinski definition) is 5. The van der Waals surface area contributed by atoms with Gasteiger partial charge in [-0.1, -0.05) is 56.3 Å². The van der Waals surface area contributed by atoms with Crippen molar-refractivity contribution in [2.24, 2.45) is 0 Å². The summed E-state index contributed by atoms with van der Waals surface area (Å²) < 4.78 is 10.7. The molecule has 0 aliphatic carbocycles. The Balaban J connectivity index is 1.65. The molecule has 0 radical (unpaired) electrons. The highest BCUT2D eigenvalue weighted by Gasteiger charge is 2.20. The van der Waals surface area contributed by atoms with Crippen LogP contribution in [-0.4, -0.2) is 23.3 Å². The number of Topliss-reactive ketones (excluding diaryl/α,β-unsaturated/α-hetero) is 1. The van der Waals surface area contributed by atoms with E-state index in [-0.39, 0.29) is 18.1 Å². The first-order valence-corrected chi connectivity index (χ1v) is 8.79. The maximum atomic E-state index is 12.3. The highest BCUT2D eigenvalue weighted by molar-refractivity contribution is 5.99. The topological polar surface area (TPSA) is 69.4 Å². The van der Waals surface area contributed by atoms with E-state index >= 15 is 0 Å². The number of aromatic nitrogens is 1. The minimum atomic E-state index is -0.675. The van der Waals surface area contributed by atoms with Crippen LogP contribution in [0, 0.1) is 6.92 Å². The standard InChI is InChI=1S/C22H21NO4/c1-14(2)16-9-11-17(12-10-16)19(24)13-26-22(25)20-15(3)27-21(23-20)18-7-5-4-6-8-18/h4-12,14H,13H2,1-3H3. The molecule has 3 rings (SSSR count). The molecule has 0 saturated carbocycles. The van der Waals surface area contributed by atoms with Crippen LogP contribution >= 0.6 is 0 Å². The van der Waals surface area contributed by atoms with E-state index in [9.17, 15) is 9.59 Å². The van der Waals surface area contributed by atoms with Gasteiger partial charge in [-0.2, -0.15) is 0 Å². The number of carbonyl (C=O) groups excluding carboxylic acids is 2. The average Bonchev–Trinajstić information content (AvgIpc) is 3.08. The monoisotopic (exact) mass is 363 g/mol. The first-order valence-electron chi connectivity index (χ1n) is 8.79. The molecule has 3 aromatic rings. The van der Waals surface area contributed by atoms with Crippen LogP contribution in [0.3, 0.4) is 0 Å². The van der Waals surface area contributed by atoms with E-state index in [0.29, 0.717) is 23.1 Å². The maximum Gasteiger partial charge on any atom is 0.361 e. The molecule has 27 heavy (non-hydrogen) atoms. The average molecular weight is 363 g/mol. The summed E-state index contributed by atoms with van der Waals surface area (Å²) >= 11 is 0. The lowest BCUT2D eigenvalue weighted by atomic mass is 10.0. The van der Waals surface area contributed by atoms with E-state index in [1.54, 1.807) is 19.1 Å². The predicted octanol–water partition coefficient (Wildman–Crippen LogP) is 4.81. The van der Waals surface area contributed by atoms with Crippen LogP contribution < -0.4 is 0 Å². The second-order valence-corrected chi connectivity index (χ2v) is 6.57. The van der Waals surface area contributed by atoms with Gasteiger partial charge in [0.05, 0.1) is 0 Å². The number of oxazole rings is 1. The number of rotatable bonds is 6. The van der Waals surface area contributed by atoms with Crippen molar-refractivity contribution in [3.63, 3.8) is 0 Å². The van der Waals surface area contributed by atoms with Crippen molar-refractivity contribution < 1.29 is 18.7 Å². The number of benzene rings is 2. The zero-order valence-corrected chi connectivity index (χ0v) is 15.6. The van der Waals surface area contributed by atoms with E-state index in [2.05, 4.69) is 18.8 Å². The minimum absolute atomic E-state index is 0.0804. The molecule has 0 unspecified atom stereocenters. The highest BCUT2D eigenvalue weighted by atomic mass is 16.5. The molecule has 1 heterocycles. The molecule has 138 valence electrons. The molecule has 5 heteroatoms. The molecular formula is C22H21NO4. The summed E-state index contributed by atoms with van der Waals surface area (Å²) in [4.78, 5) is 28.8. The van der Waals surface area contributed by atoms with Crippen LogP contribution in [-0.2, 0) is 4.74 Å². The van der Waals surface area contributed by atoms with Crippen molar-refractivity contribution in [2.45, 2.75) is 26.7 Å². The molecule has 2 aromatic carbocycles. The third-order valence-electron chi connectivity index (χ3n) is 4.24. The molecule has 0 fully saturated rings. The number of carbonyl (C=O) groups is 2. The molecule has 0 atom stereocenters. The second-order valence-electron chi connectivity index (χ2n) is 6.57. The molecule has 0 aliphatic rings. The predicted molar refractivity (Wildman–Crippen MR) is 102 cm³/mol. The molecular weight excluding hydrogens is 342 g/mol. The van der Waals surface area contributed by atoms with Crippen molar-refractivity contribution in [3.8, 4) is 11.5 Å². The summed E-state index contributed by atoms with van der Waals surface area (Å²) in [6.45, 7) is 5.47. The SMILES string of the molecule is Cc1oc(-c2ccccc2)nc1C(=O)OCC(=O)c1ccc(C(C)C)cc1.